The van der Waals surface area contributed by atoms with E-state index in [0.717, 1.165) is 6.32 Å². The predicted octanol–water partition coefficient (Wildman–Crippen LogP) is 2.13. The summed E-state index contributed by atoms with van der Waals surface area (Å²) in [7, 11) is 8.42. The molecule has 0 aromatic heterocycles. The van der Waals surface area contributed by atoms with Crippen molar-refractivity contribution in [1.29, 1.82) is 0 Å². The molecule has 0 spiro atoms. The maximum atomic E-state index is 4.96. The van der Waals surface area contributed by atoms with Gasteiger partial charge < -0.3 is 0 Å². The van der Waals surface area contributed by atoms with Gasteiger partial charge in [0.1, 0.15) is 0 Å². The van der Waals surface area contributed by atoms with Gasteiger partial charge in [-0.2, -0.15) is 0 Å². The van der Waals surface area contributed by atoms with Crippen LogP contribution in [-0.2, 0) is 17.1 Å². The van der Waals surface area contributed by atoms with Crippen LogP contribution in [0.4, 0.5) is 0 Å². The van der Waals surface area contributed by atoms with Gasteiger partial charge in [-0.3, -0.25) is 0 Å². The van der Waals surface area contributed by atoms with Crippen LogP contribution >= 0.6 is 0 Å². The van der Waals surface area contributed by atoms with E-state index in [-0.39, 0.29) is 17.1 Å². The Kier molecular flexibility index (Phi) is 12.9. The van der Waals surface area contributed by atoms with Crippen molar-refractivity contribution in [2.75, 3.05) is 0 Å². The van der Waals surface area contributed by atoms with E-state index in [1.807, 2.05) is 14.1 Å². The zero-order valence-electron chi connectivity index (χ0n) is 9.10. The fraction of sp³-hybridized carbons (Fsp3) is 0.400. The molecule has 0 atom stereocenters. The summed E-state index contributed by atoms with van der Waals surface area (Å²) in [6.07, 6.45) is 1.04. The Morgan fingerprint density at radius 2 is 1.57 bits per heavy atom. The van der Waals surface area contributed by atoms with Gasteiger partial charge in [0.2, 0.25) is 0 Å². The predicted molar refractivity (Wildman–Crippen MR) is 63.7 cm³/mol. The molecule has 4 radical (unpaired) electrons. The molecular formula is C10H15B3Fe. The molecule has 4 heteroatoms. The van der Waals surface area contributed by atoms with Crippen molar-refractivity contribution in [3.8, 4) is 0 Å². The number of aryl methyl sites for hydroxylation is 2. The summed E-state index contributed by atoms with van der Waals surface area (Å²) < 4.78 is 0. The van der Waals surface area contributed by atoms with E-state index in [1.54, 1.807) is 7.06 Å². The van der Waals surface area contributed by atoms with Crippen molar-refractivity contribution in [3.63, 3.8) is 0 Å². The molecule has 1 aromatic carbocycles. The summed E-state index contributed by atoms with van der Waals surface area (Å²) in [6, 6.07) is 8.36. The van der Waals surface area contributed by atoms with Crippen molar-refractivity contribution in [1.82, 2.24) is 0 Å². The minimum Gasteiger partial charge on any atom is -0.0923 e. The molecule has 0 saturated heterocycles. The number of benzene rings is 1. The maximum absolute atomic E-state index is 4.96. The molecule has 0 aliphatic rings. The number of rotatable bonds is 2. The Morgan fingerprint density at radius 3 is 1.71 bits per heavy atom. The first kappa shape index (κ1) is 16.4. The molecule has 0 amide bonds. The average Bonchev–Trinajstić information content (AvgIpc) is 2.13. The van der Waals surface area contributed by atoms with Crippen LogP contribution in [-0.4, -0.2) is 22.0 Å². The molecule has 1 aromatic rings. The Hall–Kier alpha value is -0.0657. The zero-order valence-corrected chi connectivity index (χ0v) is 10.2. The molecule has 0 aliphatic carbocycles. The Labute approximate surface area is 102 Å². The summed E-state index contributed by atoms with van der Waals surface area (Å²) >= 11 is 0. The van der Waals surface area contributed by atoms with E-state index in [2.05, 4.69) is 38.1 Å². The van der Waals surface area contributed by atoms with Crippen LogP contribution in [0.25, 0.3) is 0 Å². The Balaban J connectivity index is 0. The molecule has 0 aliphatic heterocycles. The van der Waals surface area contributed by atoms with Gasteiger partial charge >= 0.3 is 0 Å². The van der Waals surface area contributed by atoms with Gasteiger partial charge in [-0.05, 0) is 25.0 Å². The minimum atomic E-state index is 0. The van der Waals surface area contributed by atoms with E-state index in [4.69, 9.17) is 7.74 Å². The first-order valence-corrected chi connectivity index (χ1v) is 4.61. The van der Waals surface area contributed by atoms with E-state index in [0.29, 0.717) is 0 Å². The monoisotopic (exact) mass is 224 g/mol. The second-order valence-electron chi connectivity index (χ2n) is 2.92. The van der Waals surface area contributed by atoms with E-state index in [1.165, 1.54) is 11.1 Å². The van der Waals surface area contributed by atoms with Crippen LogP contribution in [0.15, 0.2) is 24.3 Å². The van der Waals surface area contributed by atoms with E-state index >= 15 is 0 Å². The quantitative estimate of drug-likeness (QED) is 0.674. The third-order valence-electron chi connectivity index (χ3n) is 1.80. The van der Waals surface area contributed by atoms with Crippen LogP contribution in [0.5, 0.6) is 0 Å². The third-order valence-corrected chi connectivity index (χ3v) is 1.80. The molecule has 0 N–H and O–H groups in total. The molecule has 0 nitrogen and oxygen atoms in total. The number of hydrogen-bond donors (Lipinski definition) is 0. The standard InChI is InChI=1S/C8H10.C2H5B3.Fe/c1-7-5-3-4-6-8(7)2;1-2-4-5-3;/h3-6H,1-2H3;2H2,1H3;. The smallest absolute Gasteiger partial charge is 0.0541 e. The van der Waals surface area contributed by atoms with Crippen molar-refractivity contribution in [2.45, 2.75) is 27.1 Å². The average molecular weight is 224 g/mol. The summed E-state index contributed by atoms with van der Waals surface area (Å²) in [5.74, 6) is 0. The minimum absolute atomic E-state index is 0. The topological polar surface area (TPSA) is 0 Å². The summed E-state index contributed by atoms with van der Waals surface area (Å²) in [4.78, 5) is 0. The number of hydrogen-bond acceptors (Lipinski definition) is 0. The van der Waals surface area contributed by atoms with Crippen LogP contribution < -0.4 is 0 Å². The van der Waals surface area contributed by atoms with Gasteiger partial charge in [0.05, 0.1) is 7.17 Å². The van der Waals surface area contributed by atoms with Crippen LogP contribution in [0.3, 0.4) is 0 Å². The fourth-order valence-electron chi connectivity index (χ4n) is 0.799. The van der Waals surface area contributed by atoms with Crippen molar-refractivity contribution in [2.24, 2.45) is 0 Å². The Morgan fingerprint density at radius 1 is 1.14 bits per heavy atom. The van der Waals surface area contributed by atoms with Gasteiger partial charge in [0.25, 0.3) is 0 Å². The molecule has 0 unspecified atom stereocenters. The third kappa shape index (κ3) is 8.53. The summed E-state index contributed by atoms with van der Waals surface area (Å²) in [5, 5.41) is 0. The second-order valence-corrected chi connectivity index (χ2v) is 2.92. The first-order chi connectivity index (χ1) is 6.22. The molecule has 72 valence electrons. The summed E-state index contributed by atoms with van der Waals surface area (Å²) in [6.45, 7) is 6.29. The van der Waals surface area contributed by atoms with Crippen molar-refractivity contribution in [3.05, 3.63) is 35.4 Å². The second kappa shape index (κ2) is 11.0. The molecule has 0 fully saturated rings. The van der Waals surface area contributed by atoms with Gasteiger partial charge in [0.15, 0.2) is 0 Å². The van der Waals surface area contributed by atoms with Crippen molar-refractivity contribution < 1.29 is 17.1 Å². The molecule has 1 rings (SSSR count). The normalized spacial score (nSPS) is 7.64. The van der Waals surface area contributed by atoms with Crippen LogP contribution in [0.2, 0.25) is 6.32 Å². The fourth-order valence-corrected chi connectivity index (χ4v) is 0.799. The molecule has 14 heavy (non-hydrogen) atoms. The van der Waals surface area contributed by atoms with Gasteiger partial charge in [-0.1, -0.05) is 37.5 Å². The Bertz CT molecular complexity index is 205. The molecule has 0 bridgehead atoms. The zero-order chi connectivity index (χ0) is 10.1. The first-order valence-electron chi connectivity index (χ1n) is 4.61. The van der Waals surface area contributed by atoms with E-state index in [9.17, 15) is 0 Å². The molecular weight excluding hydrogens is 208 g/mol. The van der Waals surface area contributed by atoms with Crippen LogP contribution in [0.1, 0.15) is 18.1 Å². The largest absolute Gasteiger partial charge is 0.0923 e. The molecule has 0 saturated carbocycles. The van der Waals surface area contributed by atoms with Gasteiger partial charge in [-0.15, -0.1) is 0 Å². The van der Waals surface area contributed by atoms with Crippen molar-refractivity contribution >= 4 is 22.0 Å². The maximum Gasteiger partial charge on any atom is 0.0541 e. The van der Waals surface area contributed by atoms with E-state index < -0.39 is 0 Å². The molecule has 0 heterocycles. The SMILES string of the molecule is Cc1ccccc1C.[B][B][B]CC.[Fe]. The van der Waals surface area contributed by atoms with Gasteiger partial charge in [0, 0.05) is 31.9 Å². The van der Waals surface area contributed by atoms with Crippen LogP contribution in [0, 0.1) is 13.8 Å². The van der Waals surface area contributed by atoms with Gasteiger partial charge in [-0.25, -0.2) is 0 Å². The summed E-state index contributed by atoms with van der Waals surface area (Å²) in [5.41, 5.74) is 2.74.